The molecule has 0 aliphatic carbocycles. The first-order chi connectivity index (χ1) is 12.1. The van der Waals surface area contributed by atoms with Gasteiger partial charge in [0, 0.05) is 12.3 Å². The Balaban J connectivity index is 1.49. The molecule has 0 spiro atoms. The van der Waals surface area contributed by atoms with Gasteiger partial charge in [-0.2, -0.15) is 4.68 Å². The number of nitrogens with one attached hydrogen (secondary N) is 2. The number of aromatic amines is 1. The van der Waals surface area contributed by atoms with Crippen LogP contribution in [0.5, 0.6) is 0 Å². The highest BCUT2D eigenvalue weighted by molar-refractivity contribution is 7.71. The van der Waals surface area contributed by atoms with Crippen LogP contribution in [-0.4, -0.2) is 40.4 Å². The summed E-state index contributed by atoms with van der Waals surface area (Å²) in [4.78, 5) is 7.10. The number of quaternary nitrogens is 1. The molecule has 0 aromatic carbocycles. The van der Waals surface area contributed by atoms with E-state index < -0.39 is 0 Å². The number of piperazine rings is 1. The lowest BCUT2D eigenvalue weighted by molar-refractivity contribution is -0.924. The molecule has 3 aromatic heterocycles. The minimum Gasteiger partial charge on any atom is -0.310 e. The first-order valence-electron chi connectivity index (χ1n) is 8.11. The summed E-state index contributed by atoms with van der Waals surface area (Å²) >= 11 is 17.8. The van der Waals surface area contributed by atoms with Crippen molar-refractivity contribution in [1.29, 1.82) is 0 Å². The van der Waals surface area contributed by atoms with Crippen molar-refractivity contribution in [3.63, 3.8) is 0 Å². The zero-order chi connectivity index (χ0) is 17.4. The summed E-state index contributed by atoms with van der Waals surface area (Å²) in [5.74, 6) is 1.16. The summed E-state index contributed by atoms with van der Waals surface area (Å²) in [5, 5.41) is 5.63. The number of halogens is 2. The number of pyridine rings is 2. The van der Waals surface area contributed by atoms with E-state index in [1.165, 1.54) is 4.90 Å². The Morgan fingerprint density at radius 2 is 2.04 bits per heavy atom. The van der Waals surface area contributed by atoms with Crippen LogP contribution in [0.25, 0.3) is 5.65 Å². The van der Waals surface area contributed by atoms with E-state index in [0.717, 1.165) is 38.7 Å². The third-order valence-electron chi connectivity index (χ3n) is 4.48. The van der Waals surface area contributed by atoms with Gasteiger partial charge in [-0.1, -0.05) is 29.3 Å². The van der Waals surface area contributed by atoms with Crippen molar-refractivity contribution in [3.8, 4) is 0 Å². The number of rotatable bonds is 3. The fourth-order valence-electron chi connectivity index (χ4n) is 3.16. The van der Waals surface area contributed by atoms with Crippen molar-refractivity contribution in [2.75, 3.05) is 31.1 Å². The van der Waals surface area contributed by atoms with E-state index in [1.807, 2.05) is 16.9 Å². The topological polar surface area (TPSA) is 44.0 Å². The summed E-state index contributed by atoms with van der Waals surface area (Å²) < 4.78 is 4.23. The number of hydrogen-bond donors (Lipinski definition) is 1. The molecule has 1 aliphatic heterocycles. The SMILES string of the molecule is S=c1n(C[NH+]2CCN(c3cccc[nH+]3)CC2)nc2c(Cl)cc(Cl)cn12. The van der Waals surface area contributed by atoms with E-state index in [0.29, 0.717) is 20.5 Å². The molecule has 2 N–H and O–H groups in total. The van der Waals surface area contributed by atoms with Gasteiger partial charge in [-0.15, -0.1) is 5.10 Å². The second-order valence-corrected chi connectivity index (χ2v) is 7.33. The average molecular weight is 397 g/mol. The van der Waals surface area contributed by atoms with Crippen LogP contribution in [0.15, 0.2) is 36.7 Å². The van der Waals surface area contributed by atoms with E-state index in [4.69, 9.17) is 35.4 Å². The second kappa shape index (κ2) is 6.92. The first kappa shape index (κ1) is 16.8. The molecular weight excluding hydrogens is 379 g/mol. The monoisotopic (exact) mass is 396 g/mol. The van der Waals surface area contributed by atoms with E-state index in [1.54, 1.807) is 16.7 Å². The molecule has 4 heterocycles. The van der Waals surface area contributed by atoms with E-state index in [-0.39, 0.29) is 0 Å². The van der Waals surface area contributed by atoms with Gasteiger partial charge in [0.25, 0.3) is 5.82 Å². The zero-order valence-corrected chi connectivity index (χ0v) is 15.8. The largest absolute Gasteiger partial charge is 0.310 e. The Hall–Kier alpha value is -1.67. The van der Waals surface area contributed by atoms with Gasteiger partial charge in [0.1, 0.15) is 26.2 Å². The highest BCUT2D eigenvalue weighted by Gasteiger charge is 2.26. The third kappa shape index (κ3) is 3.37. The van der Waals surface area contributed by atoms with Crippen LogP contribution in [0.2, 0.25) is 10.0 Å². The molecule has 130 valence electrons. The number of nitrogens with zero attached hydrogens (tertiary/aromatic N) is 4. The van der Waals surface area contributed by atoms with Crippen molar-refractivity contribution < 1.29 is 9.88 Å². The molecule has 0 radical (unpaired) electrons. The number of fused-ring (bicyclic) bond motifs is 1. The van der Waals surface area contributed by atoms with Gasteiger partial charge in [-0.3, -0.25) is 9.30 Å². The fraction of sp³-hybridized carbons (Fsp3) is 0.312. The number of aromatic nitrogens is 4. The number of H-pyrrole nitrogens is 1. The van der Waals surface area contributed by atoms with Crippen molar-refractivity contribution in [3.05, 3.63) is 51.5 Å². The van der Waals surface area contributed by atoms with Crippen molar-refractivity contribution >= 4 is 46.9 Å². The van der Waals surface area contributed by atoms with Crippen molar-refractivity contribution in [2.24, 2.45) is 0 Å². The fourth-order valence-corrected chi connectivity index (χ4v) is 3.92. The zero-order valence-electron chi connectivity index (χ0n) is 13.5. The molecule has 1 fully saturated rings. The highest BCUT2D eigenvalue weighted by Crippen LogP contribution is 2.21. The molecule has 0 bridgehead atoms. The van der Waals surface area contributed by atoms with Gasteiger partial charge >= 0.3 is 0 Å². The minimum absolute atomic E-state index is 0.511. The van der Waals surface area contributed by atoms with Crippen LogP contribution < -0.4 is 14.8 Å². The number of anilines is 1. The second-order valence-electron chi connectivity index (χ2n) is 6.12. The van der Waals surface area contributed by atoms with Crippen LogP contribution in [0.1, 0.15) is 0 Å². The molecule has 0 amide bonds. The van der Waals surface area contributed by atoms with Gasteiger partial charge in [-0.05, 0) is 24.4 Å². The van der Waals surface area contributed by atoms with Crippen LogP contribution in [0.3, 0.4) is 0 Å². The Morgan fingerprint density at radius 1 is 1.24 bits per heavy atom. The van der Waals surface area contributed by atoms with Gasteiger partial charge < -0.3 is 4.90 Å². The molecular formula is C16H18Cl2N6S+2. The maximum absolute atomic E-state index is 6.23. The Morgan fingerprint density at radius 3 is 2.76 bits per heavy atom. The smallest absolute Gasteiger partial charge is 0.274 e. The van der Waals surface area contributed by atoms with Gasteiger partial charge in [-0.25, -0.2) is 4.98 Å². The predicted octanol–water partition coefficient (Wildman–Crippen LogP) is 1.35. The lowest BCUT2D eigenvalue weighted by Gasteiger charge is -2.27. The highest BCUT2D eigenvalue weighted by atomic mass is 35.5. The molecule has 3 aromatic rings. The Labute approximate surface area is 160 Å². The summed E-state index contributed by atoms with van der Waals surface area (Å²) in [6, 6.07) is 7.84. The molecule has 6 nitrogen and oxygen atoms in total. The normalized spacial score (nSPS) is 15.8. The lowest BCUT2D eigenvalue weighted by Crippen LogP contribution is -3.14. The average Bonchev–Trinajstić information content (AvgIpc) is 2.93. The molecule has 0 unspecified atom stereocenters. The maximum atomic E-state index is 6.23. The summed E-state index contributed by atoms with van der Waals surface area (Å²) in [6.07, 6.45) is 3.71. The van der Waals surface area contributed by atoms with Crippen molar-refractivity contribution in [1.82, 2.24) is 14.2 Å². The standard InChI is InChI=1S/C16H16Cl2N6S/c17-12-9-13(18)15-20-24(16(25)23(15)10-12)11-21-5-7-22(8-6-21)14-3-1-2-4-19-14/h1-4,9-10H,5-8,11H2/p+2. The van der Waals surface area contributed by atoms with Crippen LogP contribution in [0.4, 0.5) is 5.82 Å². The molecule has 0 saturated carbocycles. The van der Waals surface area contributed by atoms with Crippen LogP contribution >= 0.6 is 35.4 Å². The minimum atomic E-state index is 0.511. The van der Waals surface area contributed by atoms with Crippen LogP contribution in [0, 0.1) is 4.77 Å². The lowest BCUT2D eigenvalue weighted by atomic mass is 10.3. The molecule has 1 aliphatic rings. The van der Waals surface area contributed by atoms with Crippen molar-refractivity contribution in [2.45, 2.75) is 6.67 Å². The van der Waals surface area contributed by atoms with Gasteiger partial charge in [0.2, 0.25) is 4.77 Å². The first-order valence-corrected chi connectivity index (χ1v) is 9.28. The molecule has 9 heteroatoms. The van der Waals surface area contributed by atoms with E-state index in [9.17, 15) is 0 Å². The Bertz CT molecular complexity index is 946. The van der Waals surface area contributed by atoms with Crippen LogP contribution in [-0.2, 0) is 6.67 Å². The summed E-state index contributed by atoms with van der Waals surface area (Å²) in [6.45, 7) is 4.74. The predicted molar refractivity (Wildman–Crippen MR) is 99.9 cm³/mol. The third-order valence-corrected chi connectivity index (χ3v) is 5.37. The molecule has 1 saturated heterocycles. The summed E-state index contributed by atoms with van der Waals surface area (Å²) in [5.41, 5.74) is 0.646. The molecule has 0 atom stereocenters. The van der Waals surface area contributed by atoms with Gasteiger partial charge in [0.15, 0.2) is 12.3 Å². The molecule has 25 heavy (non-hydrogen) atoms. The number of hydrogen-bond acceptors (Lipinski definition) is 3. The Kier molecular flexibility index (Phi) is 4.64. The molecule has 4 rings (SSSR count). The van der Waals surface area contributed by atoms with Gasteiger partial charge in [0.05, 0.1) is 16.2 Å². The quantitative estimate of drug-likeness (QED) is 0.679. The maximum Gasteiger partial charge on any atom is 0.274 e. The van der Waals surface area contributed by atoms with E-state index in [2.05, 4.69) is 27.1 Å². The summed E-state index contributed by atoms with van der Waals surface area (Å²) in [7, 11) is 0. The van der Waals surface area contributed by atoms with E-state index >= 15 is 0 Å².